The number of Topliss-reactive ketones (excluding diaryl/α,β-unsaturated/α-hetero) is 1. The molecule has 0 saturated carbocycles. The third-order valence-corrected chi connectivity index (χ3v) is 4.34. The average molecular weight is 391 g/mol. The molecule has 0 aromatic heterocycles. The van der Waals surface area contributed by atoms with Crippen LogP contribution in [0.25, 0.3) is 0 Å². The van der Waals surface area contributed by atoms with Crippen LogP contribution in [-0.2, 0) is 6.42 Å². The Kier molecular flexibility index (Phi) is 4.65. The van der Waals surface area contributed by atoms with E-state index in [9.17, 15) is 4.79 Å². The summed E-state index contributed by atoms with van der Waals surface area (Å²) in [6, 6.07) is 12.6. The second-order valence-electron chi connectivity index (χ2n) is 3.86. The van der Waals surface area contributed by atoms with Crippen LogP contribution in [0.2, 0.25) is 10.0 Å². The first kappa shape index (κ1) is 13.8. The zero-order valence-electron chi connectivity index (χ0n) is 9.29. The van der Waals surface area contributed by atoms with Crippen molar-refractivity contribution in [3.8, 4) is 0 Å². The minimum Gasteiger partial charge on any atom is -0.294 e. The number of carbonyl (C=O) groups is 1. The number of hydrogen-bond acceptors (Lipinski definition) is 1. The fourth-order valence-corrected chi connectivity index (χ4v) is 2.20. The van der Waals surface area contributed by atoms with Crippen LogP contribution in [0.5, 0.6) is 0 Å². The van der Waals surface area contributed by atoms with Crippen molar-refractivity contribution in [1.29, 1.82) is 0 Å². The van der Waals surface area contributed by atoms with Crippen LogP contribution < -0.4 is 0 Å². The Labute approximate surface area is 129 Å². The normalized spacial score (nSPS) is 10.4. The maximum atomic E-state index is 12.1. The van der Waals surface area contributed by atoms with E-state index in [0.717, 1.165) is 9.13 Å². The zero-order chi connectivity index (χ0) is 13.1. The Balaban J connectivity index is 2.16. The first-order valence-electron chi connectivity index (χ1n) is 5.29. The van der Waals surface area contributed by atoms with Gasteiger partial charge in [-0.25, -0.2) is 0 Å². The summed E-state index contributed by atoms with van der Waals surface area (Å²) in [6.45, 7) is 0. The standard InChI is InChI=1S/C14H9Cl2IO/c15-11-4-1-9(2-5-11)7-14(18)10-3-6-13(17)12(16)8-10/h1-6,8H,7H2. The molecular formula is C14H9Cl2IO. The van der Waals surface area contributed by atoms with Gasteiger partial charge in [0.1, 0.15) is 0 Å². The second kappa shape index (κ2) is 6.04. The van der Waals surface area contributed by atoms with Gasteiger partial charge in [0.05, 0.1) is 5.02 Å². The fraction of sp³-hybridized carbons (Fsp3) is 0.0714. The van der Waals surface area contributed by atoms with Crippen molar-refractivity contribution in [1.82, 2.24) is 0 Å². The van der Waals surface area contributed by atoms with Crippen LogP contribution in [0.15, 0.2) is 42.5 Å². The third-order valence-electron chi connectivity index (χ3n) is 2.52. The number of halogens is 3. The van der Waals surface area contributed by atoms with Gasteiger partial charge in [-0.3, -0.25) is 4.79 Å². The molecule has 2 rings (SSSR count). The van der Waals surface area contributed by atoms with Crippen LogP contribution in [0, 0.1) is 3.57 Å². The molecule has 0 unspecified atom stereocenters. The summed E-state index contributed by atoms with van der Waals surface area (Å²) in [5.74, 6) is 0.0515. The van der Waals surface area contributed by atoms with E-state index in [0.29, 0.717) is 22.0 Å². The highest BCUT2D eigenvalue weighted by atomic mass is 127. The lowest BCUT2D eigenvalue weighted by Gasteiger charge is -2.03. The largest absolute Gasteiger partial charge is 0.294 e. The first-order valence-corrected chi connectivity index (χ1v) is 7.12. The second-order valence-corrected chi connectivity index (χ2v) is 5.86. The summed E-state index contributed by atoms with van der Waals surface area (Å²) >= 11 is 13.9. The van der Waals surface area contributed by atoms with Gasteiger partial charge in [0.25, 0.3) is 0 Å². The molecule has 0 radical (unpaired) electrons. The summed E-state index contributed by atoms with van der Waals surface area (Å²) in [7, 11) is 0. The number of carbonyl (C=O) groups excluding carboxylic acids is 1. The quantitative estimate of drug-likeness (QED) is 0.531. The lowest BCUT2D eigenvalue weighted by molar-refractivity contribution is 0.0993. The van der Waals surface area contributed by atoms with Crippen molar-refractivity contribution >= 4 is 51.6 Å². The van der Waals surface area contributed by atoms with Crippen molar-refractivity contribution in [3.63, 3.8) is 0 Å². The molecule has 0 atom stereocenters. The van der Waals surface area contributed by atoms with Crippen molar-refractivity contribution < 1.29 is 4.79 Å². The molecule has 0 N–H and O–H groups in total. The molecule has 0 aliphatic rings. The summed E-state index contributed by atoms with van der Waals surface area (Å²) in [5.41, 5.74) is 1.58. The Hall–Kier alpha value is -0.580. The molecule has 0 aliphatic carbocycles. The van der Waals surface area contributed by atoms with Crippen LogP contribution in [-0.4, -0.2) is 5.78 Å². The van der Waals surface area contributed by atoms with Crippen molar-refractivity contribution in [2.45, 2.75) is 6.42 Å². The van der Waals surface area contributed by atoms with Crippen LogP contribution >= 0.6 is 45.8 Å². The summed E-state index contributed by atoms with van der Waals surface area (Å²) in [4.78, 5) is 12.1. The minimum absolute atomic E-state index is 0.0515. The van der Waals surface area contributed by atoms with Gasteiger partial charge in [-0.05, 0) is 52.4 Å². The third kappa shape index (κ3) is 3.46. The van der Waals surface area contributed by atoms with Gasteiger partial charge in [0, 0.05) is 20.6 Å². The van der Waals surface area contributed by atoms with Crippen LogP contribution in [0.4, 0.5) is 0 Å². The highest BCUT2D eigenvalue weighted by molar-refractivity contribution is 14.1. The molecule has 0 fully saturated rings. The Bertz CT molecular complexity index is 579. The first-order chi connectivity index (χ1) is 8.56. The maximum Gasteiger partial charge on any atom is 0.167 e. The van der Waals surface area contributed by atoms with E-state index in [-0.39, 0.29) is 5.78 Å². The zero-order valence-corrected chi connectivity index (χ0v) is 13.0. The van der Waals surface area contributed by atoms with Crippen molar-refractivity contribution in [2.24, 2.45) is 0 Å². The lowest BCUT2D eigenvalue weighted by Crippen LogP contribution is -2.03. The van der Waals surface area contributed by atoms with E-state index in [1.165, 1.54) is 0 Å². The average Bonchev–Trinajstić information content (AvgIpc) is 2.35. The Morgan fingerprint density at radius 2 is 1.72 bits per heavy atom. The van der Waals surface area contributed by atoms with E-state index in [1.807, 2.05) is 18.2 Å². The predicted octanol–water partition coefficient (Wildman–Crippen LogP) is 5.02. The van der Waals surface area contributed by atoms with E-state index in [1.54, 1.807) is 24.3 Å². The molecule has 0 aliphatic heterocycles. The lowest BCUT2D eigenvalue weighted by atomic mass is 10.0. The number of benzene rings is 2. The molecule has 0 saturated heterocycles. The van der Waals surface area contributed by atoms with Crippen molar-refractivity contribution in [2.75, 3.05) is 0 Å². The van der Waals surface area contributed by atoms with E-state index in [2.05, 4.69) is 22.6 Å². The highest BCUT2D eigenvalue weighted by Crippen LogP contribution is 2.20. The molecule has 0 amide bonds. The van der Waals surface area contributed by atoms with Crippen molar-refractivity contribution in [3.05, 3.63) is 67.2 Å². The smallest absolute Gasteiger partial charge is 0.167 e. The topological polar surface area (TPSA) is 17.1 Å². The van der Waals surface area contributed by atoms with E-state index in [4.69, 9.17) is 23.2 Å². The molecule has 0 bridgehead atoms. The van der Waals surface area contributed by atoms with Gasteiger partial charge in [-0.15, -0.1) is 0 Å². The minimum atomic E-state index is 0.0515. The Morgan fingerprint density at radius 3 is 2.33 bits per heavy atom. The molecule has 2 aromatic rings. The number of ketones is 1. The van der Waals surface area contributed by atoms with Gasteiger partial charge >= 0.3 is 0 Å². The molecule has 92 valence electrons. The number of hydrogen-bond donors (Lipinski definition) is 0. The summed E-state index contributed by atoms with van der Waals surface area (Å²) < 4.78 is 0.942. The van der Waals surface area contributed by atoms with Gasteiger partial charge in [0.15, 0.2) is 5.78 Å². The van der Waals surface area contributed by atoms with Gasteiger partial charge in [-0.2, -0.15) is 0 Å². The molecule has 18 heavy (non-hydrogen) atoms. The molecular weight excluding hydrogens is 382 g/mol. The molecule has 0 spiro atoms. The summed E-state index contributed by atoms with van der Waals surface area (Å²) in [5, 5.41) is 1.28. The Morgan fingerprint density at radius 1 is 1.06 bits per heavy atom. The monoisotopic (exact) mass is 390 g/mol. The SMILES string of the molecule is O=C(Cc1ccc(Cl)cc1)c1ccc(I)c(Cl)c1. The van der Waals surface area contributed by atoms with Crippen LogP contribution in [0.3, 0.4) is 0 Å². The highest BCUT2D eigenvalue weighted by Gasteiger charge is 2.09. The van der Waals surface area contributed by atoms with E-state index < -0.39 is 0 Å². The molecule has 2 aromatic carbocycles. The molecule has 4 heteroatoms. The summed E-state index contributed by atoms with van der Waals surface area (Å²) in [6.07, 6.45) is 0.355. The maximum absolute atomic E-state index is 12.1. The predicted molar refractivity (Wildman–Crippen MR) is 83.7 cm³/mol. The number of rotatable bonds is 3. The molecule has 1 nitrogen and oxygen atoms in total. The fourth-order valence-electron chi connectivity index (χ4n) is 1.56. The van der Waals surface area contributed by atoms with Gasteiger partial charge in [-0.1, -0.05) is 41.4 Å². The molecule has 0 heterocycles. The van der Waals surface area contributed by atoms with Gasteiger partial charge in [0.2, 0.25) is 0 Å². The van der Waals surface area contributed by atoms with Crippen LogP contribution in [0.1, 0.15) is 15.9 Å². The van der Waals surface area contributed by atoms with Gasteiger partial charge < -0.3 is 0 Å². The van der Waals surface area contributed by atoms with E-state index >= 15 is 0 Å².